The molecule has 0 aliphatic heterocycles. The van der Waals surface area contributed by atoms with Crippen molar-refractivity contribution >= 4 is 0 Å². The molecule has 2 unspecified atom stereocenters. The summed E-state index contributed by atoms with van der Waals surface area (Å²) in [6.45, 7) is 2.24. The molecule has 3 nitrogen and oxygen atoms in total. The third-order valence-electron chi connectivity index (χ3n) is 3.78. The molecule has 0 heterocycles. The quantitative estimate of drug-likeness (QED) is 0.837. The second-order valence-electron chi connectivity index (χ2n) is 4.98. The molecule has 0 fully saturated rings. The highest BCUT2D eigenvalue weighted by Gasteiger charge is 2.40. The molecule has 0 spiro atoms. The van der Waals surface area contributed by atoms with E-state index in [2.05, 4.69) is 28.9 Å². The molecule has 2 atom stereocenters. The molecule has 0 amide bonds. The summed E-state index contributed by atoms with van der Waals surface area (Å²) in [5.74, 6) is 0. The SMILES string of the molecule is CC(N(C)C)C(CO)(c1ccccc1)N(C)C. The number of hydrogen-bond donors (Lipinski definition) is 1. The normalized spacial score (nSPS) is 17.2. The summed E-state index contributed by atoms with van der Waals surface area (Å²) in [7, 11) is 8.12. The number of rotatable bonds is 5. The number of hydrogen-bond acceptors (Lipinski definition) is 3. The van der Waals surface area contributed by atoms with Gasteiger partial charge in [0.05, 0.1) is 12.1 Å². The molecular weight excluding hydrogens is 212 g/mol. The van der Waals surface area contributed by atoms with Crippen LogP contribution < -0.4 is 0 Å². The standard InChI is InChI=1S/C14H24N2O/c1-12(15(2)3)14(11-17,16(4)5)13-9-7-6-8-10-13/h6-10,12,17H,11H2,1-5H3. The highest BCUT2D eigenvalue weighted by atomic mass is 16.3. The number of likely N-dealkylation sites (N-methyl/N-ethyl adjacent to an activating group) is 2. The zero-order valence-electron chi connectivity index (χ0n) is 11.5. The van der Waals surface area contributed by atoms with E-state index in [1.54, 1.807) is 0 Å². The van der Waals surface area contributed by atoms with Crippen LogP contribution in [0, 0.1) is 0 Å². The Hall–Kier alpha value is -0.900. The lowest BCUT2D eigenvalue weighted by Gasteiger charge is -2.46. The van der Waals surface area contributed by atoms with Gasteiger partial charge in [0.1, 0.15) is 0 Å². The summed E-state index contributed by atoms with van der Waals surface area (Å²) in [4.78, 5) is 4.25. The summed E-state index contributed by atoms with van der Waals surface area (Å²) in [5.41, 5.74) is 0.777. The predicted molar refractivity (Wildman–Crippen MR) is 72.0 cm³/mol. The van der Waals surface area contributed by atoms with E-state index < -0.39 is 0 Å². The van der Waals surface area contributed by atoms with Crippen molar-refractivity contribution in [3.63, 3.8) is 0 Å². The predicted octanol–water partition coefficient (Wildman–Crippen LogP) is 1.39. The van der Waals surface area contributed by atoms with Gasteiger partial charge in [-0.05, 0) is 40.7 Å². The van der Waals surface area contributed by atoms with E-state index in [0.29, 0.717) is 0 Å². The van der Waals surface area contributed by atoms with Gasteiger partial charge in [-0.15, -0.1) is 0 Å². The Labute approximate surface area is 105 Å². The van der Waals surface area contributed by atoms with E-state index in [1.165, 1.54) is 0 Å². The second kappa shape index (κ2) is 5.63. The Kier molecular flexibility index (Phi) is 4.69. The average Bonchev–Trinajstić information content (AvgIpc) is 2.31. The van der Waals surface area contributed by atoms with Crippen LogP contribution in [0.4, 0.5) is 0 Å². The molecule has 1 N–H and O–H groups in total. The average molecular weight is 236 g/mol. The lowest BCUT2D eigenvalue weighted by molar-refractivity contribution is 0.00240. The summed E-state index contributed by atoms with van der Waals surface area (Å²) < 4.78 is 0. The highest BCUT2D eigenvalue weighted by molar-refractivity contribution is 5.27. The van der Waals surface area contributed by atoms with Crippen LogP contribution in [0.3, 0.4) is 0 Å². The van der Waals surface area contributed by atoms with E-state index in [1.807, 2.05) is 46.4 Å². The Bertz CT molecular complexity index is 337. The molecule has 0 radical (unpaired) electrons. The van der Waals surface area contributed by atoms with Crippen molar-refractivity contribution in [3.05, 3.63) is 35.9 Å². The van der Waals surface area contributed by atoms with E-state index in [9.17, 15) is 5.11 Å². The fraction of sp³-hybridized carbons (Fsp3) is 0.571. The molecule has 0 aromatic heterocycles. The van der Waals surface area contributed by atoms with Crippen molar-refractivity contribution in [2.24, 2.45) is 0 Å². The summed E-state index contributed by atoms with van der Waals surface area (Å²) in [5, 5.41) is 9.95. The van der Waals surface area contributed by atoms with Crippen molar-refractivity contribution in [1.82, 2.24) is 9.80 Å². The van der Waals surface area contributed by atoms with Crippen molar-refractivity contribution < 1.29 is 5.11 Å². The Morgan fingerprint density at radius 1 is 1.12 bits per heavy atom. The molecule has 1 aromatic rings. The van der Waals surface area contributed by atoms with Crippen molar-refractivity contribution in [2.45, 2.75) is 18.5 Å². The largest absolute Gasteiger partial charge is 0.394 e. The van der Waals surface area contributed by atoms with Crippen molar-refractivity contribution in [2.75, 3.05) is 34.8 Å². The summed E-state index contributed by atoms with van der Waals surface area (Å²) >= 11 is 0. The minimum absolute atomic E-state index is 0.101. The first-order valence-electron chi connectivity index (χ1n) is 5.97. The number of aliphatic hydroxyl groups excluding tert-OH is 1. The van der Waals surface area contributed by atoms with E-state index in [4.69, 9.17) is 0 Å². The van der Waals surface area contributed by atoms with Crippen LogP contribution in [-0.2, 0) is 5.54 Å². The fourth-order valence-electron chi connectivity index (χ4n) is 2.39. The van der Waals surface area contributed by atoms with Crippen LogP contribution >= 0.6 is 0 Å². The van der Waals surface area contributed by atoms with E-state index in [0.717, 1.165) is 5.56 Å². The van der Waals surface area contributed by atoms with Gasteiger partial charge < -0.3 is 10.0 Å². The van der Waals surface area contributed by atoms with Gasteiger partial charge in [-0.25, -0.2) is 0 Å². The monoisotopic (exact) mass is 236 g/mol. The van der Waals surface area contributed by atoms with Gasteiger partial charge in [-0.1, -0.05) is 30.3 Å². The van der Waals surface area contributed by atoms with Crippen molar-refractivity contribution in [1.29, 1.82) is 0 Å². The topological polar surface area (TPSA) is 26.7 Å². The number of nitrogens with zero attached hydrogens (tertiary/aromatic N) is 2. The molecule has 1 aromatic carbocycles. The smallest absolute Gasteiger partial charge is 0.0843 e. The lowest BCUT2D eigenvalue weighted by Crippen LogP contribution is -2.57. The molecular formula is C14H24N2O. The number of aliphatic hydroxyl groups is 1. The maximum atomic E-state index is 9.95. The third-order valence-corrected chi connectivity index (χ3v) is 3.78. The zero-order chi connectivity index (χ0) is 13.1. The van der Waals surface area contributed by atoms with Gasteiger partial charge in [0.2, 0.25) is 0 Å². The molecule has 0 bridgehead atoms. The Morgan fingerprint density at radius 3 is 2.00 bits per heavy atom. The molecule has 0 saturated carbocycles. The van der Waals surface area contributed by atoms with Gasteiger partial charge in [-0.3, -0.25) is 4.90 Å². The Balaban J connectivity index is 3.28. The first kappa shape index (κ1) is 14.2. The maximum Gasteiger partial charge on any atom is 0.0843 e. The molecule has 1 rings (SSSR count). The molecule has 96 valence electrons. The fourth-order valence-corrected chi connectivity index (χ4v) is 2.39. The Morgan fingerprint density at radius 2 is 1.65 bits per heavy atom. The van der Waals surface area contributed by atoms with Crippen LogP contribution in [0.25, 0.3) is 0 Å². The zero-order valence-corrected chi connectivity index (χ0v) is 11.5. The van der Waals surface area contributed by atoms with Gasteiger partial charge >= 0.3 is 0 Å². The first-order valence-corrected chi connectivity index (χ1v) is 5.97. The minimum atomic E-state index is -0.370. The minimum Gasteiger partial charge on any atom is -0.394 e. The molecule has 0 aliphatic carbocycles. The molecule has 17 heavy (non-hydrogen) atoms. The third kappa shape index (κ3) is 2.51. The van der Waals surface area contributed by atoms with E-state index in [-0.39, 0.29) is 18.2 Å². The van der Waals surface area contributed by atoms with Crippen LogP contribution in [-0.4, -0.2) is 55.7 Å². The van der Waals surface area contributed by atoms with Gasteiger partial charge in [0.15, 0.2) is 0 Å². The van der Waals surface area contributed by atoms with Crippen LogP contribution in [0.15, 0.2) is 30.3 Å². The second-order valence-corrected chi connectivity index (χ2v) is 4.98. The summed E-state index contributed by atoms with van der Waals surface area (Å²) in [6, 6.07) is 10.4. The molecule has 0 aliphatic rings. The van der Waals surface area contributed by atoms with Crippen molar-refractivity contribution in [3.8, 4) is 0 Å². The van der Waals surface area contributed by atoms with Crippen LogP contribution in [0.5, 0.6) is 0 Å². The van der Waals surface area contributed by atoms with E-state index >= 15 is 0 Å². The lowest BCUT2D eigenvalue weighted by atomic mass is 9.82. The molecule has 0 saturated heterocycles. The number of benzene rings is 1. The van der Waals surface area contributed by atoms with Crippen LogP contribution in [0.2, 0.25) is 0 Å². The summed E-state index contributed by atoms with van der Waals surface area (Å²) in [6.07, 6.45) is 0. The van der Waals surface area contributed by atoms with Gasteiger partial charge in [0.25, 0.3) is 0 Å². The van der Waals surface area contributed by atoms with Crippen LogP contribution in [0.1, 0.15) is 12.5 Å². The van der Waals surface area contributed by atoms with Gasteiger partial charge in [-0.2, -0.15) is 0 Å². The maximum absolute atomic E-state index is 9.95. The first-order chi connectivity index (χ1) is 7.96. The van der Waals surface area contributed by atoms with Gasteiger partial charge in [0, 0.05) is 6.04 Å². The highest BCUT2D eigenvalue weighted by Crippen LogP contribution is 2.31. The molecule has 3 heteroatoms.